The number of carboxylic acid groups (broad SMARTS) is 1. The van der Waals surface area contributed by atoms with Gasteiger partial charge in [0, 0.05) is 16.8 Å². The van der Waals surface area contributed by atoms with Crippen LogP contribution in [0.2, 0.25) is 0 Å². The highest BCUT2D eigenvalue weighted by Gasteiger charge is 2.26. The summed E-state index contributed by atoms with van der Waals surface area (Å²) in [6.07, 6.45) is 0.995. The summed E-state index contributed by atoms with van der Waals surface area (Å²) in [6.45, 7) is 2.66. The molecular weight excluding hydrogens is 243 g/mol. The summed E-state index contributed by atoms with van der Waals surface area (Å²) in [7, 11) is 0. The Morgan fingerprint density at radius 2 is 2.35 bits per heavy atom. The first-order chi connectivity index (χ1) is 8.08. The Morgan fingerprint density at radius 3 is 2.94 bits per heavy atom. The van der Waals surface area contributed by atoms with Gasteiger partial charge >= 0.3 is 5.97 Å². The van der Waals surface area contributed by atoms with Crippen molar-refractivity contribution in [2.75, 3.05) is 6.61 Å². The zero-order valence-electron chi connectivity index (χ0n) is 9.35. The SMILES string of the molecule is CC1OCCC1Sc1ccc(F)cc1C(=O)O. The summed E-state index contributed by atoms with van der Waals surface area (Å²) < 4.78 is 18.4. The van der Waals surface area contributed by atoms with Crippen LogP contribution in [-0.4, -0.2) is 29.0 Å². The number of benzene rings is 1. The Hall–Kier alpha value is -1.07. The fourth-order valence-corrected chi connectivity index (χ4v) is 3.03. The molecule has 0 aromatic heterocycles. The number of carbonyl (C=O) groups is 1. The van der Waals surface area contributed by atoms with Gasteiger partial charge in [0.2, 0.25) is 0 Å². The lowest BCUT2D eigenvalue weighted by molar-refractivity contribution is 0.0692. The molecule has 92 valence electrons. The van der Waals surface area contributed by atoms with E-state index in [0.29, 0.717) is 11.5 Å². The van der Waals surface area contributed by atoms with E-state index in [2.05, 4.69) is 0 Å². The van der Waals surface area contributed by atoms with Crippen molar-refractivity contribution in [3.63, 3.8) is 0 Å². The summed E-state index contributed by atoms with van der Waals surface area (Å²) in [5, 5.41) is 9.25. The smallest absolute Gasteiger partial charge is 0.336 e. The van der Waals surface area contributed by atoms with E-state index in [0.717, 1.165) is 12.5 Å². The minimum Gasteiger partial charge on any atom is -0.478 e. The number of thioether (sulfide) groups is 1. The van der Waals surface area contributed by atoms with Gasteiger partial charge in [0.05, 0.1) is 11.7 Å². The van der Waals surface area contributed by atoms with Crippen LogP contribution in [0, 0.1) is 5.82 Å². The van der Waals surface area contributed by atoms with Gasteiger partial charge in [0.15, 0.2) is 0 Å². The fraction of sp³-hybridized carbons (Fsp3) is 0.417. The Bertz CT molecular complexity index is 436. The molecule has 3 nitrogen and oxygen atoms in total. The Balaban J connectivity index is 2.22. The van der Waals surface area contributed by atoms with Crippen molar-refractivity contribution < 1.29 is 19.0 Å². The second-order valence-corrected chi connectivity index (χ2v) is 5.25. The lowest BCUT2D eigenvalue weighted by atomic mass is 10.2. The molecule has 17 heavy (non-hydrogen) atoms. The van der Waals surface area contributed by atoms with Crippen molar-refractivity contribution in [1.29, 1.82) is 0 Å². The average molecular weight is 256 g/mol. The van der Waals surface area contributed by atoms with Crippen molar-refractivity contribution in [3.8, 4) is 0 Å². The van der Waals surface area contributed by atoms with Gasteiger partial charge in [0.1, 0.15) is 5.82 Å². The zero-order chi connectivity index (χ0) is 12.4. The molecule has 0 spiro atoms. The van der Waals surface area contributed by atoms with Crippen LogP contribution in [0.5, 0.6) is 0 Å². The maximum Gasteiger partial charge on any atom is 0.336 e. The first-order valence-corrected chi connectivity index (χ1v) is 6.27. The quantitative estimate of drug-likeness (QED) is 0.903. The number of carboxylic acids is 1. The molecule has 2 unspecified atom stereocenters. The Kier molecular flexibility index (Phi) is 3.69. The third kappa shape index (κ3) is 2.79. The molecular formula is C12H13FO3S. The summed E-state index contributed by atoms with van der Waals surface area (Å²) in [5.74, 6) is -1.62. The van der Waals surface area contributed by atoms with E-state index in [1.165, 1.54) is 23.9 Å². The highest BCUT2D eigenvalue weighted by atomic mass is 32.2. The lowest BCUT2D eigenvalue weighted by Crippen LogP contribution is -2.14. The van der Waals surface area contributed by atoms with Crippen LogP contribution in [-0.2, 0) is 4.74 Å². The lowest BCUT2D eigenvalue weighted by Gasteiger charge is -2.14. The van der Waals surface area contributed by atoms with E-state index in [4.69, 9.17) is 9.84 Å². The number of hydrogen-bond donors (Lipinski definition) is 1. The Labute approximate surface area is 103 Å². The molecule has 1 heterocycles. The minimum absolute atomic E-state index is 0.0223. The Morgan fingerprint density at radius 1 is 1.59 bits per heavy atom. The molecule has 0 amide bonds. The zero-order valence-corrected chi connectivity index (χ0v) is 10.2. The van der Waals surface area contributed by atoms with Crippen LogP contribution >= 0.6 is 11.8 Å². The number of rotatable bonds is 3. The predicted molar refractivity (Wildman–Crippen MR) is 63.0 cm³/mol. The van der Waals surface area contributed by atoms with E-state index in [-0.39, 0.29) is 16.9 Å². The van der Waals surface area contributed by atoms with Crippen LogP contribution in [0.25, 0.3) is 0 Å². The van der Waals surface area contributed by atoms with Gasteiger partial charge in [-0.3, -0.25) is 0 Å². The molecule has 1 N–H and O–H groups in total. The van der Waals surface area contributed by atoms with Crippen molar-refractivity contribution in [1.82, 2.24) is 0 Å². The monoisotopic (exact) mass is 256 g/mol. The topological polar surface area (TPSA) is 46.5 Å². The van der Waals surface area contributed by atoms with Crippen LogP contribution in [0.4, 0.5) is 4.39 Å². The maximum absolute atomic E-state index is 13.0. The molecule has 2 atom stereocenters. The molecule has 1 aliphatic heterocycles. The predicted octanol–water partition coefficient (Wildman–Crippen LogP) is 2.79. The first-order valence-electron chi connectivity index (χ1n) is 5.39. The van der Waals surface area contributed by atoms with Crippen molar-refractivity contribution in [2.45, 2.75) is 29.6 Å². The molecule has 1 aliphatic rings. The van der Waals surface area contributed by atoms with Crippen LogP contribution in [0.1, 0.15) is 23.7 Å². The summed E-state index contributed by atoms with van der Waals surface area (Å²) >= 11 is 1.45. The van der Waals surface area contributed by atoms with Crippen molar-refractivity contribution in [2.24, 2.45) is 0 Å². The third-order valence-corrected chi connectivity index (χ3v) is 4.29. The third-order valence-electron chi connectivity index (χ3n) is 2.76. The molecule has 5 heteroatoms. The van der Waals surface area contributed by atoms with E-state index in [1.807, 2.05) is 6.92 Å². The molecule has 0 bridgehead atoms. The molecule has 1 saturated heterocycles. The summed E-state index contributed by atoms with van der Waals surface area (Å²) in [4.78, 5) is 11.6. The number of ether oxygens (including phenoxy) is 1. The van der Waals surface area contributed by atoms with Gasteiger partial charge in [0.25, 0.3) is 0 Å². The van der Waals surface area contributed by atoms with E-state index < -0.39 is 11.8 Å². The van der Waals surface area contributed by atoms with E-state index >= 15 is 0 Å². The molecule has 0 aliphatic carbocycles. The summed E-state index contributed by atoms with van der Waals surface area (Å²) in [5.41, 5.74) is 0.0223. The second kappa shape index (κ2) is 5.06. The highest BCUT2D eigenvalue weighted by molar-refractivity contribution is 8.00. The maximum atomic E-state index is 13.0. The van der Waals surface area contributed by atoms with Gasteiger partial charge in [-0.25, -0.2) is 9.18 Å². The fourth-order valence-electron chi connectivity index (χ4n) is 1.80. The van der Waals surface area contributed by atoms with E-state index in [1.54, 1.807) is 0 Å². The standard InChI is InChI=1S/C12H13FO3S/c1-7-10(4-5-16-7)17-11-3-2-8(13)6-9(11)12(14)15/h2-3,6-7,10H,4-5H2,1H3,(H,14,15). The second-order valence-electron chi connectivity index (χ2n) is 3.97. The van der Waals surface area contributed by atoms with Gasteiger partial charge < -0.3 is 9.84 Å². The van der Waals surface area contributed by atoms with E-state index in [9.17, 15) is 9.18 Å². The van der Waals surface area contributed by atoms with Crippen molar-refractivity contribution >= 4 is 17.7 Å². The molecule has 1 aromatic rings. The summed E-state index contributed by atoms with van der Waals surface area (Å²) in [6, 6.07) is 3.87. The van der Waals surface area contributed by atoms with Gasteiger partial charge in [-0.15, -0.1) is 11.8 Å². The largest absolute Gasteiger partial charge is 0.478 e. The van der Waals surface area contributed by atoms with Gasteiger partial charge in [-0.1, -0.05) is 0 Å². The molecule has 1 aromatic carbocycles. The molecule has 1 fully saturated rings. The van der Waals surface area contributed by atoms with Gasteiger partial charge in [-0.05, 0) is 31.5 Å². The molecule has 0 radical (unpaired) electrons. The normalized spacial score (nSPS) is 23.9. The highest BCUT2D eigenvalue weighted by Crippen LogP contribution is 2.34. The van der Waals surface area contributed by atoms with Crippen molar-refractivity contribution in [3.05, 3.63) is 29.6 Å². The molecule has 0 saturated carbocycles. The molecule has 2 rings (SSSR count). The van der Waals surface area contributed by atoms with Crippen LogP contribution in [0.15, 0.2) is 23.1 Å². The number of aromatic carboxylic acids is 1. The van der Waals surface area contributed by atoms with Gasteiger partial charge in [-0.2, -0.15) is 0 Å². The average Bonchev–Trinajstić information content (AvgIpc) is 2.67. The number of hydrogen-bond acceptors (Lipinski definition) is 3. The van der Waals surface area contributed by atoms with Crippen LogP contribution in [0.3, 0.4) is 0 Å². The van der Waals surface area contributed by atoms with Crippen LogP contribution < -0.4 is 0 Å². The first kappa shape index (κ1) is 12.4. The minimum atomic E-state index is -1.10. The number of halogens is 1.